The van der Waals surface area contributed by atoms with Crippen molar-refractivity contribution in [1.29, 1.82) is 0 Å². The highest BCUT2D eigenvalue weighted by Gasteiger charge is 2.17. The Kier molecular flexibility index (Phi) is 10.2. The molecule has 4 heteroatoms. The lowest BCUT2D eigenvalue weighted by Gasteiger charge is -2.12. The lowest BCUT2D eigenvalue weighted by molar-refractivity contribution is 0.632. The van der Waals surface area contributed by atoms with E-state index in [0.29, 0.717) is 5.82 Å². The second-order valence-corrected chi connectivity index (χ2v) is 16.7. The first-order valence-electron chi connectivity index (χ1n) is 22.5. The van der Waals surface area contributed by atoms with E-state index < -0.39 is 0 Å². The standard InChI is InChI=1S/C59H48N4/c1-2-3-4-5-8-17-41-26-32-47(33-27-41)62-55-24-15-13-22-49(55)51-38-45(30-36-57(51)62)46-31-37-58-52(39-46)50-23-14-16-25-56(50)63(58)48-34-28-43(29-35-48)54-40-53(42-18-9-6-10-19-42)60-59(61-54)44-20-11-7-12-21-44/h6-7,9-16,18-40H,2-5,8,17H2,1H3. The molecule has 0 N–H and O–H groups in total. The maximum absolute atomic E-state index is 5.08. The van der Waals surface area contributed by atoms with E-state index in [0.717, 1.165) is 40.2 Å². The van der Waals surface area contributed by atoms with Crippen LogP contribution in [-0.2, 0) is 6.42 Å². The number of fused-ring (bicyclic) bond motifs is 6. The van der Waals surface area contributed by atoms with Gasteiger partial charge >= 0.3 is 0 Å². The summed E-state index contributed by atoms with van der Waals surface area (Å²) in [4.78, 5) is 10.1. The van der Waals surface area contributed by atoms with Gasteiger partial charge in [0.05, 0.1) is 33.5 Å². The smallest absolute Gasteiger partial charge is 0.160 e. The molecule has 0 aliphatic carbocycles. The number of aryl methyl sites for hydroxylation is 1. The lowest BCUT2D eigenvalue weighted by atomic mass is 10.0. The van der Waals surface area contributed by atoms with E-state index in [1.807, 2.05) is 24.3 Å². The fourth-order valence-corrected chi connectivity index (χ4v) is 9.46. The Morgan fingerprint density at radius 3 is 1.35 bits per heavy atom. The summed E-state index contributed by atoms with van der Waals surface area (Å²) in [5.41, 5.74) is 15.8. The summed E-state index contributed by atoms with van der Waals surface area (Å²) in [7, 11) is 0. The maximum atomic E-state index is 5.08. The Balaban J connectivity index is 0.944. The molecule has 3 aromatic heterocycles. The van der Waals surface area contributed by atoms with Gasteiger partial charge in [-0.2, -0.15) is 0 Å². The van der Waals surface area contributed by atoms with Gasteiger partial charge in [0.2, 0.25) is 0 Å². The topological polar surface area (TPSA) is 35.6 Å². The molecule has 11 aromatic rings. The normalized spacial score (nSPS) is 11.6. The van der Waals surface area contributed by atoms with Crippen molar-refractivity contribution < 1.29 is 0 Å². The van der Waals surface area contributed by atoms with Crippen LogP contribution in [0.25, 0.3) is 100 Å². The van der Waals surface area contributed by atoms with E-state index in [2.05, 4.69) is 192 Å². The molecular formula is C59H48N4. The summed E-state index contributed by atoms with van der Waals surface area (Å²) in [5.74, 6) is 0.715. The van der Waals surface area contributed by atoms with Crippen molar-refractivity contribution >= 4 is 43.6 Å². The van der Waals surface area contributed by atoms with Gasteiger partial charge in [0.1, 0.15) is 0 Å². The molecule has 0 unspecified atom stereocenters. The molecule has 0 saturated carbocycles. The number of hydrogen-bond acceptors (Lipinski definition) is 2. The maximum Gasteiger partial charge on any atom is 0.160 e. The number of aromatic nitrogens is 4. The van der Waals surface area contributed by atoms with E-state index in [1.165, 1.54) is 98.1 Å². The zero-order chi connectivity index (χ0) is 42.1. The lowest BCUT2D eigenvalue weighted by Crippen LogP contribution is -1.97. The molecule has 11 rings (SSSR count). The Hall–Kier alpha value is -7.56. The van der Waals surface area contributed by atoms with Crippen LogP contribution < -0.4 is 0 Å². The molecule has 0 spiro atoms. The van der Waals surface area contributed by atoms with Gasteiger partial charge in [0.25, 0.3) is 0 Å². The van der Waals surface area contributed by atoms with Gasteiger partial charge in [-0.3, -0.25) is 0 Å². The van der Waals surface area contributed by atoms with E-state index in [-0.39, 0.29) is 0 Å². The summed E-state index contributed by atoms with van der Waals surface area (Å²) in [6, 6.07) is 72.3. The number of nitrogens with zero attached hydrogens (tertiary/aromatic N) is 4. The molecule has 304 valence electrons. The zero-order valence-corrected chi connectivity index (χ0v) is 35.6. The van der Waals surface area contributed by atoms with Crippen LogP contribution in [0.15, 0.2) is 200 Å². The minimum atomic E-state index is 0.715. The zero-order valence-electron chi connectivity index (χ0n) is 35.6. The molecule has 8 aromatic carbocycles. The number of benzene rings is 8. The van der Waals surface area contributed by atoms with Crippen LogP contribution in [-0.4, -0.2) is 19.1 Å². The van der Waals surface area contributed by atoms with Crippen molar-refractivity contribution in [2.75, 3.05) is 0 Å². The largest absolute Gasteiger partial charge is 0.309 e. The van der Waals surface area contributed by atoms with Crippen molar-refractivity contribution in [1.82, 2.24) is 19.1 Å². The van der Waals surface area contributed by atoms with Crippen molar-refractivity contribution in [2.45, 2.75) is 45.4 Å². The first kappa shape index (κ1) is 38.4. The summed E-state index contributed by atoms with van der Waals surface area (Å²) in [6.07, 6.45) is 7.68. The van der Waals surface area contributed by atoms with Gasteiger partial charge < -0.3 is 9.13 Å². The molecule has 63 heavy (non-hydrogen) atoms. The monoisotopic (exact) mass is 812 g/mol. The third kappa shape index (κ3) is 7.28. The van der Waals surface area contributed by atoms with E-state index in [9.17, 15) is 0 Å². The van der Waals surface area contributed by atoms with Gasteiger partial charge in [-0.15, -0.1) is 0 Å². The van der Waals surface area contributed by atoms with Gasteiger partial charge in [-0.05, 0) is 96.3 Å². The Labute approximate surface area is 368 Å². The average molecular weight is 813 g/mol. The van der Waals surface area contributed by atoms with Gasteiger partial charge in [0.15, 0.2) is 5.82 Å². The molecule has 0 fully saturated rings. The first-order valence-corrected chi connectivity index (χ1v) is 22.5. The van der Waals surface area contributed by atoms with Crippen LogP contribution >= 0.6 is 0 Å². The molecule has 3 heterocycles. The quantitative estimate of drug-likeness (QED) is 0.115. The van der Waals surface area contributed by atoms with Crippen LogP contribution in [0.2, 0.25) is 0 Å². The third-order valence-corrected chi connectivity index (χ3v) is 12.7. The van der Waals surface area contributed by atoms with Gasteiger partial charge in [0, 0.05) is 49.6 Å². The number of unbranched alkanes of at least 4 members (excludes halogenated alkanes) is 4. The van der Waals surface area contributed by atoms with E-state index in [1.54, 1.807) is 0 Å². The molecular weight excluding hydrogens is 765 g/mol. The van der Waals surface area contributed by atoms with Gasteiger partial charge in [-0.1, -0.05) is 166 Å². The Morgan fingerprint density at radius 2 is 0.794 bits per heavy atom. The first-order chi connectivity index (χ1) is 31.2. The highest BCUT2D eigenvalue weighted by Crippen LogP contribution is 2.39. The molecule has 0 radical (unpaired) electrons. The van der Waals surface area contributed by atoms with Crippen molar-refractivity contribution in [3.63, 3.8) is 0 Å². The molecule has 0 atom stereocenters. The van der Waals surface area contributed by atoms with E-state index in [4.69, 9.17) is 9.97 Å². The number of rotatable bonds is 12. The number of para-hydroxylation sites is 2. The van der Waals surface area contributed by atoms with Crippen molar-refractivity contribution in [2.24, 2.45) is 0 Å². The van der Waals surface area contributed by atoms with Crippen LogP contribution in [0, 0.1) is 0 Å². The summed E-state index contributed by atoms with van der Waals surface area (Å²) in [5, 5.41) is 5.00. The summed E-state index contributed by atoms with van der Waals surface area (Å²) >= 11 is 0. The Morgan fingerprint density at radius 1 is 0.349 bits per heavy atom. The van der Waals surface area contributed by atoms with Crippen molar-refractivity contribution in [3.8, 4) is 56.4 Å². The molecule has 4 nitrogen and oxygen atoms in total. The Bertz CT molecular complexity index is 3320. The molecule has 0 aliphatic heterocycles. The second kappa shape index (κ2) is 16.7. The molecule has 0 bridgehead atoms. The van der Waals surface area contributed by atoms with Crippen LogP contribution in [0.3, 0.4) is 0 Å². The van der Waals surface area contributed by atoms with E-state index >= 15 is 0 Å². The summed E-state index contributed by atoms with van der Waals surface area (Å²) < 4.78 is 4.81. The second-order valence-electron chi connectivity index (χ2n) is 16.7. The van der Waals surface area contributed by atoms with Crippen LogP contribution in [0.5, 0.6) is 0 Å². The minimum Gasteiger partial charge on any atom is -0.309 e. The molecule has 0 aliphatic rings. The fourth-order valence-electron chi connectivity index (χ4n) is 9.46. The van der Waals surface area contributed by atoms with Gasteiger partial charge in [-0.25, -0.2) is 9.97 Å². The minimum absolute atomic E-state index is 0.715. The van der Waals surface area contributed by atoms with Crippen molar-refractivity contribution in [3.05, 3.63) is 206 Å². The highest BCUT2D eigenvalue weighted by molar-refractivity contribution is 6.12. The third-order valence-electron chi connectivity index (χ3n) is 12.7. The van der Waals surface area contributed by atoms with Crippen LogP contribution in [0.4, 0.5) is 0 Å². The SMILES string of the molecule is CCCCCCCc1ccc(-n2c3ccccc3c3cc(-c4ccc5c(c4)c4ccccc4n5-c4ccc(-c5cc(-c6ccccc6)nc(-c6ccccc6)n5)cc4)ccc32)cc1. The predicted molar refractivity (Wildman–Crippen MR) is 265 cm³/mol. The van der Waals surface area contributed by atoms with Crippen LogP contribution in [0.1, 0.15) is 44.6 Å². The number of hydrogen-bond donors (Lipinski definition) is 0. The highest BCUT2D eigenvalue weighted by atomic mass is 15.0. The molecule has 0 saturated heterocycles. The average Bonchev–Trinajstić information content (AvgIpc) is 3.87. The fraction of sp³-hybridized carbons (Fsp3) is 0.119. The summed E-state index contributed by atoms with van der Waals surface area (Å²) in [6.45, 7) is 2.28. The molecule has 0 amide bonds. The predicted octanol–water partition coefficient (Wildman–Crippen LogP) is 15.9.